The molecule has 0 unspecified atom stereocenters. The molecule has 34 heavy (non-hydrogen) atoms. The number of sulfonamides is 1. The Morgan fingerprint density at radius 1 is 0.824 bits per heavy atom. The van der Waals surface area contributed by atoms with Gasteiger partial charge in [-0.2, -0.15) is 4.72 Å². The van der Waals surface area contributed by atoms with Gasteiger partial charge in [0, 0.05) is 6.54 Å². The van der Waals surface area contributed by atoms with E-state index in [4.69, 9.17) is 0 Å². The second kappa shape index (κ2) is 11.1. The van der Waals surface area contributed by atoms with Crippen LogP contribution in [-0.4, -0.2) is 31.4 Å². The van der Waals surface area contributed by atoms with Gasteiger partial charge >= 0.3 is 5.97 Å². The molecule has 3 aromatic carbocycles. The van der Waals surface area contributed by atoms with E-state index in [0.29, 0.717) is 6.54 Å². The van der Waals surface area contributed by atoms with Gasteiger partial charge in [-0.15, -0.1) is 0 Å². The summed E-state index contributed by atoms with van der Waals surface area (Å²) in [5, 5.41) is 12.2. The van der Waals surface area contributed by atoms with Crippen molar-refractivity contribution in [3.8, 4) is 11.1 Å². The minimum atomic E-state index is -3.97. The van der Waals surface area contributed by atoms with Crippen LogP contribution in [0.4, 0.5) is 0 Å². The summed E-state index contributed by atoms with van der Waals surface area (Å²) in [6.45, 7) is 3.76. The zero-order valence-corrected chi connectivity index (χ0v) is 19.9. The summed E-state index contributed by atoms with van der Waals surface area (Å²) >= 11 is 0. The van der Waals surface area contributed by atoms with Crippen LogP contribution in [0.15, 0.2) is 83.8 Å². The van der Waals surface area contributed by atoms with E-state index in [1.165, 1.54) is 12.1 Å². The summed E-state index contributed by atoms with van der Waals surface area (Å²) < 4.78 is 27.4. The van der Waals surface area contributed by atoms with Crippen LogP contribution in [0.1, 0.15) is 25.0 Å². The van der Waals surface area contributed by atoms with E-state index >= 15 is 0 Å². The Bertz CT molecular complexity index is 1220. The van der Waals surface area contributed by atoms with Gasteiger partial charge in [0.05, 0.1) is 11.3 Å². The van der Waals surface area contributed by atoms with Gasteiger partial charge in [-0.05, 0) is 40.3 Å². The van der Waals surface area contributed by atoms with Crippen molar-refractivity contribution >= 4 is 21.9 Å². The highest BCUT2D eigenvalue weighted by Gasteiger charge is 2.27. The van der Waals surface area contributed by atoms with Gasteiger partial charge in [0.15, 0.2) is 0 Å². The van der Waals surface area contributed by atoms with Gasteiger partial charge in [-0.1, -0.05) is 80.6 Å². The number of nitrogens with one attached hydrogen (secondary N) is 2. The van der Waals surface area contributed by atoms with Crippen molar-refractivity contribution in [2.75, 3.05) is 0 Å². The lowest BCUT2D eigenvalue weighted by atomic mass is 10.0. The SMILES string of the molecule is CC(C)[C@H](NS(=O)(=O)c1ccc(-c2ccc(CC(=O)NCc3ccccc3)cc2)cc1)C(=O)O. The molecule has 0 aliphatic carbocycles. The Morgan fingerprint density at radius 3 is 1.91 bits per heavy atom. The average Bonchev–Trinajstić information content (AvgIpc) is 2.82. The molecule has 3 N–H and O–H groups in total. The number of carboxylic acid groups (broad SMARTS) is 1. The van der Waals surface area contributed by atoms with Crippen LogP contribution in [0.2, 0.25) is 0 Å². The van der Waals surface area contributed by atoms with Gasteiger partial charge in [0.1, 0.15) is 6.04 Å². The molecule has 178 valence electrons. The molecule has 0 bridgehead atoms. The molecule has 3 aromatic rings. The molecule has 0 saturated carbocycles. The van der Waals surface area contributed by atoms with Crippen molar-refractivity contribution < 1.29 is 23.1 Å². The molecule has 0 saturated heterocycles. The van der Waals surface area contributed by atoms with E-state index in [9.17, 15) is 23.1 Å². The highest BCUT2D eigenvalue weighted by atomic mass is 32.2. The summed E-state index contributed by atoms with van der Waals surface area (Å²) in [6.07, 6.45) is 0.260. The lowest BCUT2D eigenvalue weighted by molar-refractivity contribution is -0.140. The first-order valence-electron chi connectivity index (χ1n) is 10.9. The number of hydrogen-bond donors (Lipinski definition) is 3. The van der Waals surface area contributed by atoms with Crippen LogP contribution >= 0.6 is 0 Å². The van der Waals surface area contributed by atoms with Crippen molar-refractivity contribution in [3.05, 3.63) is 90.0 Å². The maximum Gasteiger partial charge on any atom is 0.322 e. The number of rotatable bonds is 10. The molecule has 0 radical (unpaired) electrons. The van der Waals surface area contributed by atoms with Crippen molar-refractivity contribution in [2.24, 2.45) is 5.92 Å². The van der Waals surface area contributed by atoms with Gasteiger partial charge < -0.3 is 10.4 Å². The molecule has 8 heteroatoms. The van der Waals surface area contributed by atoms with Crippen LogP contribution in [0.25, 0.3) is 11.1 Å². The fraction of sp³-hybridized carbons (Fsp3) is 0.231. The fourth-order valence-corrected chi connectivity index (χ4v) is 4.73. The third-order valence-corrected chi connectivity index (χ3v) is 6.82. The fourth-order valence-electron chi connectivity index (χ4n) is 3.39. The predicted molar refractivity (Wildman–Crippen MR) is 130 cm³/mol. The maximum absolute atomic E-state index is 12.6. The minimum Gasteiger partial charge on any atom is -0.480 e. The standard InChI is InChI=1S/C26H28N2O5S/c1-18(2)25(26(30)31)28-34(32,33)23-14-12-22(13-15-23)21-10-8-19(9-11-21)16-24(29)27-17-20-6-4-3-5-7-20/h3-15,18,25,28H,16-17H2,1-2H3,(H,27,29)(H,30,31)/t25-/m0/s1. The monoisotopic (exact) mass is 480 g/mol. The molecule has 1 atom stereocenters. The van der Waals surface area contributed by atoms with Crippen LogP contribution < -0.4 is 10.0 Å². The van der Waals surface area contributed by atoms with E-state index in [1.54, 1.807) is 26.0 Å². The Kier molecular flexibility index (Phi) is 8.20. The first-order valence-corrected chi connectivity index (χ1v) is 12.4. The zero-order chi connectivity index (χ0) is 24.7. The van der Waals surface area contributed by atoms with Crippen LogP contribution in [-0.2, 0) is 32.6 Å². The number of aliphatic carboxylic acids is 1. The number of hydrogen-bond acceptors (Lipinski definition) is 4. The summed E-state index contributed by atoms with van der Waals surface area (Å²) in [5.74, 6) is -1.69. The van der Waals surface area contributed by atoms with Gasteiger partial charge in [0.2, 0.25) is 15.9 Å². The Labute approximate surface area is 199 Å². The molecular formula is C26H28N2O5S. The maximum atomic E-state index is 12.6. The third kappa shape index (κ3) is 6.76. The molecule has 1 amide bonds. The van der Waals surface area contributed by atoms with Crippen molar-refractivity contribution in [1.29, 1.82) is 0 Å². The van der Waals surface area contributed by atoms with E-state index in [1.807, 2.05) is 54.6 Å². The Morgan fingerprint density at radius 2 is 1.38 bits per heavy atom. The number of amides is 1. The minimum absolute atomic E-state index is 0.00476. The molecule has 0 aromatic heterocycles. The summed E-state index contributed by atoms with van der Waals surface area (Å²) in [6, 6.07) is 22.2. The Balaban J connectivity index is 1.62. The molecule has 0 heterocycles. The molecule has 0 aliphatic rings. The lowest BCUT2D eigenvalue weighted by Gasteiger charge is -2.18. The lowest BCUT2D eigenvalue weighted by Crippen LogP contribution is -2.44. The first-order chi connectivity index (χ1) is 16.2. The predicted octanol–water partition coefficient (Wildman–Crippen LogP) is 3.60. The normalized spacial score (nSPS) is 12.3. The van der Waals surface area contributed by atoms with Crippen molar-refractivity contribution in [1.82, 2.24) is 10.0 Å². The van der Waals surface area contributed by atoms with E-state index in [2.05, 4.69) is 10.0 Å². The van der Waals surface area contributed by atoms with Crippen LogP contribution in [0.5, 0.6) is 0 Å². The van der Waals surface area contributed by atoms with Gasteiger partial charge in [-0.25, -0.2) is 8.42 Å². The van der Waals surface area contributed by atoms with Gasteiger partial charge in [0.25, 0.3) is 0 Å². The number of benzene rings is 3. The topological polar surface area (TPSA) is 113 Å². The number of carbonyl (C=O) groups excluding carboxylic acids is 1. The van der Waals surface area contributed by atoms with Crippen molar-refractivity contribution in [2.45, 2.75) is 37.8 Å². The molecular weight excluding hydrogens is 452 g/mol. The smallest absolute Gasteiger partial charge is 0.322 e. The largest absolute Gasteiger partial charge is 0.480 e. The zero-order valence-electron chi connectivity index (χ0n) is 19.1. The molecule has 0 aliphatic heterocycles. The molecule has 3 rings (SSSR count). The first kappa shape index (κ1) is 25.1. The quantitative estimate of drug-likeness (QED) is 0.410. The third-order valence-electron chi connectivity index (χ3n) is 5.36. The van der Waals surface area contributed by atoms with Crippen LogP contribution in [0, 0.1) is 5.92 Å². The van der Waals surface area contributed by atoms with E-state index in [-0.39, 0.29) is 17.2 Å². The van der Waals surface area contributed by atoms with Crippen LogP contribution in [0.3, 0.4) is 0 Å². The number of carboxylic acids is 1. The summed E-state index contributed by atoms with van der Waals surface area (Å²) in [7, 11) is -3.97. The van der Waals surface area contributed by atoms with Gasteiger partial charge in [-0.3, -0.25) is 9.59 Å². The molecule has 0 fully saturated rings. The molecule has 7 nitrogen and oxygen atoms in total. The second-order valence-corrected chi connectivity index (χ2v) is 10.1. The molecule has 0 spiro atoms. The average molecular weight is 481 g/mol. The summed E-state index contributed by atoms with van der Waals surface area (Å²) in [5.41, 5.74) is 3.58. The highest BCUT2D eigenvalue weighted by Crippen LogP contribution is 2.22. The van der Waals surface area contributed by atoms with E-state index < -0.39 is 28.0 Å². The summed E-state index contributed by atoms with van der Waals surface area (Å²) in [4.78, 5) is 23.6. The Hall–Kier alpha value is -3.49. The van der Waals surface area contributed by atoms with Crippen molar-refractivity contribution in [3.63, 3.8) is 0 Å². The highest BCUT2D eigenvalue weighted by molar-refractivity contribution is 7.89. The second-order valence-electron chi connectivity index (χ2n) is 8.34. The number of carbonyl (C=O) groups is 2. The van der Waals surface area contributed by atoms with E-state index in [0.717, 1.165) is 22.3 Å².